The number of methoxy groups -OCH3 is 1. The van der Waals surface area contributed by atoms with Crippen LogP contribution in [0.4, 0.5) is 5.69 Å². The second kappa shape index (κ2) is 8.55. The predicted octanol–water partition coefficient (Wildman–Crippen LogP) is 4.05. The quantitative estimate of drug-likeness (QED) is 0.808. The number of hydrogen-bond acceptors (Lipinski definition) is 4. The normalized spacial score (nSPS) is 16.0. The Morgan fingerprint density at radius 3 is 2.26 bits per heavy atom. The van der Waals surface area contributed by atoms with Crippen LogP contribution < -0.4 is 15.4 Å². The van der Waals surface area contributed by atoms with E-state index in [9.17, 15) is 4.79 Å². The minimum atomic E-state index is -0.464. The summed E-state index contributed by atoms with van der Waals surface area (Å²) >= 11 is 0. The van der Waals surface area contributed by atoms with Crippen molar-refractivity contribution in [1.82, 2.24) is 5.32 Å². The fraction of sp³-hybridized carbons (Fsp3) is 0.409. The summed E-state index contributed by atoms with van der Waals surface area (Å²) in [5.74, 6) is 1.58. The number of piperidine rings is 1. The standard InChI is InChI=1S/C22H28N2O3/c1-16-12-17(2)14-20(13-16)27-19-6-4-18(5-7-19)24-21(25)22(15-26-3)8-10-23-11-9-22/h4-7,12-14,23H,8-11,15H2,1-3H3,(H,24,25). The molecule has 0 atom stereocenters. The van der Waals surface area contributed by atoms with Crippen molar-refractivity contribution in [2.24, 2.45) is 5.41 Å². The first-order chi connectivity index (χ1) is 13.0. The molecule has 0 radical (unpaired) electrons. The Kier molecular flexibility index (Phi) is 6.14. The van der Waals surface area contributed by atoms with Gasteiger partial charge in [0.15, 0.2) is 0 Å². The van der Waals surface area contributed by atoms with Gasteiger partial charge in [0.05, 0.1) is 12.0 Å². The minimum Gasteiger partial charge on any atom is -0.457 e. The van der Waals surface area contributed by atoms with Crippen LogP contribution in [0, 0.1) is 19.3 Å². The second-order valence-corrected chi connectivity index (χ2v) is 7.37. The molecule has 1 aliphatic heterocycles. The first kappa shape index (κ1) is 19.4. The Morgan fingerprint density at radius 1 is 1.04 bits per heavy atom. The van der Waals surface area contributed by atoms with Gasteiger partial charge in [0.1, 0.15) is 11.5 Å². The number of anilines is 1. The molecule has 5 nitrogen and oxygen atoms in total. The summed E-state index contributed by atoms with van der Waals surface area (Å²) in [6.45, 7) is 6.21. The summed E-state index contributed by atoms with van der Waals surface area (Å²) in [6, 6.07) is 13.6. The number of nitrogens with one attached hydrogen (secondary N) is 2. The van der Waals surface area contributed by atoms with Crippen molar-refractivity contribution in [2.75, 3.05) is 32.1 Å². The Balaban J connectivity index is 1.67. The largest absolute Gasteiger partial charge is 0.457 e. The van der Waals surface area contributed by atoms with Gasteiger partial charge in [-0.2, -0.15) is 0 Å². The fourth-order valence-electron chi connectivity index (χ4n) is 3.62. The van der Waals surface area contributed by atoms with Gasteiger partial charge in [-0.05, 0) is 87.3 Å². The van der Waals surface area contributed by atoms with Crippen molar-refractivity contribution in [2.45, 2.75) is 26.7 Å². The monoisotopic (exact) mass is 368 g/mol. The summed E-state index contributed by atoms with van der Waals surface area (Å²) in [7, 11) is 1.65. The highest BCUT2D eigenvalue weighted by molar-refractivity contribution is 5.95. The highest BCUT2D eigenvalue weighted by Crippen LogP contribution is 2.31. The lowest BCUT2D eigenvalue weighted by atomic mass is 9.78. The Labute approximate surface area is 161 Å². The molecule has 5 heteroatoms. The first-order valence-electron chi connectivity index (χ1n) is 9.38. The van der Waals surface area contributed by atoms with Crippen LogP contribution >= 0.6 is 0 Å². The van der Waals surface area contributed by atoms with Gasteiger partial charge in [-0.25, -0.2) is 0 Å². The van der Waals surface area contributed by atoms with Gasteiger partial charge in [-0.3, -0.25) is 4.79 Å². The molecule has 0 aromatic heterocycles. The van der Waals surface area contributed by atoms with E-state index in [0.29, 0.717) is 6.61 Å². The summed E-state index contributed by atoms with van der Waals surface area (Å²) < 4.78 is 11.3. The zero-order valence-electron chi connectivity index (χ0n) is 16.3. The molecule has 144 valence electrons. The molecule has 2 aromatic carbocycles. The molecule has 0 aliphatic carbocycles. The van der Waals surface area contributed by atoms with Crippen molar-refractivity contribution in [3.63, 3.8) is 0 Å². The number of aryl methyl sites for hydroxylation is 2. The molecule has 1 aliphatic rings. The average molecular weight is 368 g/mol. The summed E-state index contributed by atoms with van der Waals surface area (Å²) in [5.41, 5.74) is 2.63. The Hall–Kier alpha value is -2.37. The van der Waals surface area contributed by atoms with E-state index in [0.717, 1.165) is 43.1 Å². The van der Waals surface area contributed by atoms with E-state index >= 15 is 0 Å². The average Bonchev–Trinajstić information content (AvgIpc) is 2.63. The van der Waals surface area contributed by atoms with E-state index in [4.69, 9.17) is 9.47 Å². The molecule has 0 spiro atoms. The molecule has 0 unspecified atom stereocenters. The van der Waals surface area contributed by atoms with Crippen molar-refractivity contribution >= 4 is 11.6 Å². The van der Waals surface area contributed by atoms with Crippen LogP contribution in [0.2, 0.25) is 0 Å². The summed E-state index contributed by atoms with van der Waals surface area (Å²) in [5, 5.41) is 6.35. The van der Waals surface area contributed by atoms with E-state index < -0.39 is 5.41 Å². The predicted molar refractivity (Wildman–Crippen MR) is 107 cm³/mol. The van der Waals surface area contributed by atoms with Gasteiger partial charge in [0.25, 0.3) is 0 Å². The molecule has 2 aromatic rings. The molecule has 1 fully saturated rings. The number of ether oxygens (including phenoxy) is 2. The van der Waals surface area contributed by atoms with E-state index in [-0.39, 0.29) is 5.91 Å². The van der Waals surface area contributed by atoms with Gasteiger partial charge < -0.3 is 20.1 Å². The van der Waals surface area contributed by atoms with Gasteiger partial charge in [0.2, 0.25) is 5.91 Å². The van der Waals surface area contributed by atoms with Crippen LogP contribution in [0.25, 0.3) is 0 Å². The molecule has 0 bridgehead atoms. The Bertz CT molecular complexity index is 755. The molecule has 27 heavy (non-hydrogen) atoms. The van der Waals surface area contributed by atoms with Crippen LogP contribution in [0.1, 0.15) is 24.0 Å². The molecular weight excluding hydrogens is 340 g/mol. The maximum Gasteiger partial charge on any atom is 0.233 e. The highest BCUT2D eigenvalue weighted by atomic mass is 16.5. The molecular formula is C22H28N2O3. The lowest BCUT2D eigenvalue weighted by molar-refractivity contribution is -0.130. The van der Waals surface area contributed by atoms with Crippen molar-refractivity contribution in [3.05, 3.63) is 53.6 Å². The zero-order valence-corrected chi connectivity index (χ0v) is 16.3. The highest BCUT2D eigenvalue weighted by Gasteiger charge is 2.39. The fourth-order valence-corrected chi connectivity index (χ4v) is 3.62. The SMILES string of the molecule is COCC1(C(=O)Nc2ccc(Oc3cc(C)cc(C)c3)cc2)CCNCC1. The molecule has 3 rings (SSSR count). The first-order valence-corrected chi connectivity index (χ1v) is 9.38. The van der Waals surface area contributed by atoms with Gasteiger partial charge in [-0.15, -0.1) is 0 Å². The van der Waals surface area contributed by atoms with Gasteiger partial charge in [-0.1, -0.05) is 6.07 Å². The van der Waals surface area contributed by atoms with E-state index in [1.165, 1.54) is 11.1 Å². The van der Waals surface area contributed by atoms with Crippen LogP contribution in [-0.2, 0) is 9.53 Å². The van der Waals surface area contributed by atoms with Crippen molar-refractivity contribution < 1.29 is 14.3 Å². The second-order valence-electron chi connectivity index (χ2n) is 7.37. The lowest BCUT2D eigenvalue weighted by Gasteiger charge is -2.35. The van der Waals surface area contributed by atoms with Crippen molar-refractivity contribution in [1.29, 1.82) is 0 Å². The summed E-state index contributed by atoms with van der Waals surface area (Å²) in [4.78, 5) is 12.9. The number of hydrogen-bond donors (Lipinski definition) is 2. The molecule has 1 heterocycles. The lowest BCUT2D eigenvalue weighted by Crippen LogP contribution is -2.47. The van der Waals surface area contributed by atoms with Gasteiger partial charge >= 0.3 is 0 Å². The number of carbonyl (C=O) groups is 1. The van der Waals surface area contributed by atoms with E-state index in [1.807, 2.05) is 36.4 Å². The molecule has 0 saturated carbocycles. The number of carbonyl (C=O) groups excluding carboxylic acids is 1. The number of amides is 1. The van der Waals surface area contributed by atoms with E-state index in [2.05, 4.69) is 30.5 Å². The Morgan fingerprint density at radius 2 is 1.67 bits per heavy atom. The van der Waals surface area contributed by atoms with Crippen LogP contribution in [0.15, 0.2) is 42.5 Å². The maximum atomic E-state index is 12.9. The third kappa shape index (κ3) is 4.87. The zero-order chi connectivity index (χ0) is 19.3. The molecule has 2 N–H and O–H groups in total. The smallest absolute Gasteiger partial charge is 0.233 e. The maximum absolute atomic E-state index is 12.9. The third-order valence-corrected chi connectivity index (χ3v) is 5.01. The third-order valence-electron chi connectivity index (χ3n) is 5.01. The van der Waals surface area contributed by atoms with Crippen LogP contribution in [0.5, 0.6) is 11.5 Å². The van der Waals surface area contributed by atoms with E-state index in [1.54, 1.807) is 7.11 Å². The molecule has 1 saturated heterocycles. The van der Waals surface area contributed by atoms with Crippen LogP contribution in [-0.4, -0.2) is 32.7 Å². The topological polar surface area (TPSA) is 59.6 Å². The van der Waals surface area contributed by atoms with Gasteiger partial charge in [0, 0.05) is 12.8 Å². The van der Waals surface area contributed by atoms with Crippen molar-refractivity contribution in [3.8, 4) is 11.5 Å². The number of rotatable bonds is 6. The van der Waals surface area contributed by atoms with Crippen LogP contribution in [0.3, 0.4) is 0 Å². The number of benzene rings is 2. The molecule has 1 amide bonds. The minimum absolute atomic E-state index is 0.0221. The summed E-state index contributed by atoms with van der Waals surface area (Å²) in [6.07, 6.45) is 1.56.